The van der Waals surface area contributed by atoms with Crippen LogP contribution >= 0.6 is 0 Å². The number of hydrogen-bond donors (Lipinski definition) is 2. The second kappa shape index (κ2) is 12.6. The molecule has 1 spiro atoms. The number of ether oxygens (including phenoxy) is 1. The number of hydrogen-bond acceptors (Lipinski definition) is 9. The van der Waals surface area contributed by atoms with Crippen LogP contribution in [0.3, 0.4) is 0 Å². The predicted octanol–water partition coefficient (Wildman–Crippen LogP) is 5.66. The third kappa shape index (κ3) is 5.44. The van der Waals surface area contributed by atoms with Crippen LogP contribution in [0.25, 0.3) is 22.3 Å². The van der Waals surface area contributed by atoms with Crippen molar-refractivity contribution >= 4 is 34.1 Å². The molecule has 1 aromatic carbocycles. The first kappa shape index (κ1) is 33.8. The van der Waals surface area contributed by atoms with Crippen molar-refractivity contribution in [3.8, 4) is 11.3 Å². The Labute approximate surface area is 304 Å². The average Bonchev–Trinajstić information content (AvgIpc) is 3.72. The zero-order valence-electron chi connectivity index (χ0n) is 30.6. The number of carbonyl (C=O) groups excluding carboxylic acids is 1. The number of likely N-dealkylation sites (tertiary alicyclic amines) is 2. The number of carbonyl (C=O) groups is 1. The Morgan fingerprint density at radius 2 is 1.87 bits per heavy atom. The number of imidazole rings is 1. The van der Waals surface area contributed by atoms with E-state index in [2.05, 4.69) is 70.9 Å². The van der Waals surface area contributed by atoms with Gasteiger partial charge in [-0.1, -0.05) is 26.0 Å². The highest BCUT2D eigenvalue weighted by Crippen LogP contribution is 2.53. The van der Waals surface area contributed by atoms with Crippen molar-refractivity contribution in [3.63, 3.8) is 0 Å². The van der Waals surface area contributed by atoms with E-state index in [1.165, 1.54) is 6.20 Å². The highest BCUT2D eigenvalue weighted by Gasteiger charge is 2.57. The first-order valence-electron chi connectivity index (χ1n) is 19.0. The predicted molar refractivity (Wildman–Crippen MR) is 198 cm³/mol. The standard InChI is InChI=1S/C40H49FN8O3/c1-24(2)48-23-43-34-16-33(45-37(36(34)48)44-32-7-10-42-18-31(32)41)25-5-6-30-35(13-25)49(27-14-26(15-27)47-22-39(3,4)17-28(47)19-50)38(51)40(30)8-11-46(12-9-40)29-20-52-21-29/h5-7,10,13,16,18,23-24,26-29,50H,8-9,11-12,14-15,17,19-22H2,1-4H3,(H,42,44,45)/t26-,27+,28-/m1/s1. The third-order valence-corrected chi connectivity index (χ3v) is 12.6. The van der Waals surface area contributed by atoms with Crippen molar-refractivity contribution in [1.29, 1.82) is 0 Å². The van der Waals surface area contributed by atoms with E-state index in [0.29, 0.717) is 23.6 Å². The molecule has 11 nitrogen and oxygen atoms in total. The van der Waals surface area contributed by atoms with Crippen molar-refractivity contribution in [3.05, 3.63) is 60.4 Å². The molecule has 4 fully saturated rings. The lowest BCUT2D eigenvalue weighted by molar-refractivity contribution is -0.128. The Hall–Kier alpha value is -3.97. The van der Waals surface area contributed by atoms with Gasteiger partial charge in [0.05, 0.1) is 60.7 Å². The van der Waals surface area contributed by atoms with E-state index >= 15 is 0 Å². The van der Waals surface area contributed by atoms with Crippen molar-refractivity contribution in [1.82, 2.24) is 29.3 Å². The quantitative estimate of drug-likeness (QED) is 0.240. The fourth-order valence-electron chi connectivity index (χ4n) is 9.67. The summed E-state index contributed by atoms with van der Waals surface area (Å²) in [5.41, 5.74) is 5.13. The van der Waals surface area contributed by atoms with Crippen molar-refractivity contribution < 1.29 is 19.0 Å². The van der Waals surface area contributed by atoms with Crippen LogP contribution in [-0.4, -0.2) is 104 Å². The van der Waals surface area contributed by atoms with Crippen LogP contribution in [0.4, 0.5) is 21.6 Å². The first-order chi connectivity index (χ1) is 25.0. The van der Waals surface area contributed by atoms with Crippen molar-refractivity contribution in [2.24, 2.45) is 5.41 Å². The van der Waals surface area contributed by atoms with Gasteiger partial charge in [0.15, 0.2) is 11.6 Å². The van der Waals surface area contributed by atoms with E-state index in [1.807, 2.05) is 10.6 Å². The van der Waals surface area contributed by atoms with Crippen LogP contribution in [0.15, 0.2) is 49.1 Å². The van der Waals surface area contributed by atoms with Gasteiger partial charge < -0.3 is 24.6 Å². The molecule has 274 valence electrons. The summed E-state index contributed by atoms with van der Waals surface area (Å²) in [5.74, 6) is 0.269. The number of aliphatic hydroxyl groups excluding tert-OH is 1. The number of fused-ring (bicyclic) bond motifs is 3. The SMILES string of the molecule is CC(C)n1cnc2cc(-c3ccc4c(c3)N([C@H]3C[C@@H](N5CC(C)(C)C[C@@H]5CO)C3)C(=O)C43CCN(C4COC4)CC3)nc(Nc3ccncc3F)c21. The van der Waals surface area contributed by atoms with E-state index < -0.39 is 11.2 Å². The number of piperidine rings is 1. The van der Waals surface area contributed by atoms with Gasteiger partial charge in [-0.2, -0.15) is 0 Å². The number of aromatic nitrogens is 4. The second-order valence-corrected chi connectivity index (χ2v) is 16.8. The van der Waals surface area contributed by atoms with Gasteiger partial charge >= 0.3 is 0 Å². The molecule has 0 bridgehead atoms. The summed E-state index contributed by atoms with van der Waals surface area (Å²) in [7, 11) is 0. The van der Waals surface area contributed by atoms with E-state index in [9.17, 15) is 14.3 Å². The molecule has 4 aliphatic heterocycles. The summed E-state index contributed by atoms with van der Waals surface area (Å²) >= 11 is 0. The lowest BCUT2D eigenvalue weighted by Crippen LogP contribution is -2.60. The summed E-state index contributed by atoms with van der Waals surface area (Å²) < 4.78 is 22.4. The fourth-order valence-corrected chi connectivity index (χ4v) is 9.67. The minimum Gasteiger partial charge on any atom is -0.395 e. The molecule has 2 N–H and O–H groups in total. The third-order valence-electron chi connectivity index (χ3n) is 12.6. The molecule has 1 saturated carbocycles. The fraction of sp³-hybridized carbons (Fsp3) is 0.550. The highest BCUT2D eigenvalue weighted by molar-refractivity contribution is 6.09. The largest absolute Gasteiger partial charge is 0.395 e. The summed E-state index contributed by atoms with van der Waals surface area (Å²) in [5, 5.41) is 13.5. The Morgan fingerprint density at radius 1 is 1.08 bits per heavy atom. The van der Waals surface area contributed by atoms with Crippen LogP contribution in [0.1, 0.15) is 71.4 Å². The van der Waals surface area contributed by atoms with Crippen LogP contribution in [-0.2, 0) is 14.9 Å². The number of anilines is 3. The van der Waals surface area contributed by atoms with Crippen LogP contribution < -0.4 is 10.2 Å². The van der Waals surface area contributed by atoms with Gasteiger partial charge in [0, 0.05) is 48.2 Å². The van der Waals surface area contributed by atoms with Crippen molar-refractivity contribution in [2.45, 2.75) is 95.4 Å². The first-order valence-corrected chi connectivity index (χ1v) is 19.0. The summed E-state index contributed by atoms with van der Waals surface area (Å²) in [6.45, 7) is 13.2. The number of pyridine rings is 2. The lowest BCUT2D eigenvalue weighted by atomic mass is 9.73. The van der Waals surface area contributed by atoms with Crippen molar-refractivity contribution in [2.75, 3.05) is 49.7 Å². The van der Waals surface area contributed by atoms with Gasteiger partial charge in [-0.3, -0.25) is 19.6 Å². The zero-order chi connectivity index (χ0) is 35.9. The maximum absolute atomic E-state index is 14.9. The number of halogens is 1. The van der Waals surface area contributed by atoms with E-state index in [1.54, 1.807) is 18.6 Å². The number of nitrogens with zero attached hydrogens (tertiary/aromatic N) is 7. The maximum atomic E-state index is 14.9. The Bertz CT molecular complexity index is 2010. The van der Waals surface area contributed by atoms with Gasteiger partial charge in [0.25, 0.3) is 0 Å². The van der Waals surface area contributed by atoms with E-state index in [4.69, 9.17) is 14.7 Å². The molecule has 5 aliphatic rings. The van der Waals surface area contributed by atoms with Crippen LogP contribution in [0, 0.1) is 11.2 Å². The van der Waals surface area contributed by atoms with Gasteiger partial charge in [-0.05, 0) is 88.2 Å². The number of aliphatic hydroxyl groups is 1. The molecule has 1 atom stereocenters. The second-order valence-electron chi connectivity index (χ2n) is 16.8. The summed E-state index contributed by atoms with van der Waals surface area (Å²) in [6, 6.07) is 11.2. The summed E-state index contributed by atoms with van der Waals surface area (Å²) in [6.07, 6.45) is 8.90. The normalized spacial score (nSPS) is 25.9. The van der Waals surface area contributed by atoms with E-state index in [-0.39, 0.29) is 41.7 Å². The van der Waals surface area contributed by atoms with Gasteiger partial charge in [0.1, 0.15) is 5.52 Å². The van der Waals surface area contributed by atoms with E-state index in [0.717, 1.165) is 92.8 Å². The number of benzene rings is 1. The average molecular weight is 709 g/mol. The summed E-state index contributed by atoms with van der Waals surface area (Å²) in [4.78, 5) is 35.8. The molecular formula is C40H49FN8O3. The molecular weight excluding hydrogens is 659 g/mol. The van der Waals surface area contributed by atoms with Crippen LogP contribution in [0.2, 0.25) is 0 Å². The number of nitrogens with one attached hydrogen (secondary N) is 1. The molecule has 9 rings (SSSR count). The number of rotatable bonds is 8. The Morgan fingerprint density at radius 3 is 2.56 bits per heavy atom. The molecule has 1 amide bonds. The maximum Gasteiger partial charge on any atom is 0.238 e. The molecule has 7 heterocycles. The highest BCUT2D eigenvalue weighted by atomic mass is 19.1. The molecule has 4 aromatic rings. The minimum absolute atomic E-state index is 0.0936. The molecule has 12 heteroatoms. The van der Waals surface area contributed by atoms with Gasteiger partial charge in [-0.25, -0.2) is 14.4 Å². The molecule has 0 unspecified atom stereocenters. The lowest BCUT2D eigenvalue weighted by Gasteiger charge is -2.48. The zero-order valence-corrected chi connectivity index (χ0v) is 30.6. The number of amides is 1. The Kier molecular flexibility index (Phi) is 8.18. The van der Waals surface area contributed by atoms with Gasteiger partial charge in [-0.15, -0.1) is 0 Å². The Balaban J connectivity index is 1.09. The molecule has 1 aliphatic carbocycles. The van der Waals surface area contributed by atoms with Crippen LogP contribution in [0.5, 0.6) is 0 Å². The van der Waals surface area contributed by atoms with Gasteiger partial charge in [0.2, 0.25) is 5.91 Å². The smallest absolute Gasteiger partial charge is 0.238 e. The monoisotopic (exact) mass is 708 g/mol. The minimum atomic E-state index is -0.553. The molecule has 0 radical (unpaired) electrons. The molecule has 3 saturated heterocycles. The topological polar surface area (TPSA) is 112 Å². The molecule has 3 aromatic heterocycles. The molecule has 52 heavy (non-hydrogen) atoms.